The third-order valence-corrected chi connectivity index (χ3v) is 6.23. The minimum Gasteiger partial charge on any atom is -0.495 e. The molecule has 5 rings (SSSR count). The largest absolute Gasteiger partial charge is 0.495 e. The summed E-state index contributed by atoms with van der Waals surface area (Å²) in [5.74, 6) is -0.675. The van der Waals surface area contributed by atoms with Crippen LogP contribution in [0, 0.1) is 11.6 Å². The fourth-order valence-corrected chi connectivity index (χ4v) is 4.46. The predicted octanol–water partition coefficient (Wildman–Crippen LogP) is 5.10. The van der Waals surface area contributed by atoms with E-state index in [1.54, 1.807) is 7.11 Å². The average molecular weight is 475 g/mol. The van der Waals surface area contributed by atoms with Crippen molar-refractivity contribution < 1.29 is 18.3 Å². The van der Waals surface area contributed by atoms with Gasteiger partial charge < -0.3 is 19.9 Å². The Labute approximate surface area is 201 Å². The number of halogens is 2. The van der Waals surface area contributed by atoms with Crippen LogP contribution in [-0.2, 0) is 0 Å². The van der Waals surface area contributed by atoms with Crippen LogP contribution in [0.3, 0.4) is 0 Å². The summed E-state index contributed by atoms with van der Waals surface area (Å²) in [6, 6.07) is 18.8. The number of piperazine rings is 1. The van der Waals surface area contributed by atoms with Crippen LogP contribution in [0.1, 0.15) is 10.4 Å². The van der Waals surface area contributed by atoms with Gasteiger partial charge in [0.15, 0.2) is 0 Å². The van der Waals surface area contributed by atoms with Gasteiger partial charge >= 0.3 is 0 Å². The van der Waals surface area contributed by atoms with Crippen molar-refractivity contribution in [3.63, 3.8) is 0 Å². The zero-order chi connectivity index (χ0) is 24.4. The van der Waals surface area contributed by atoms with E-state index < -0.39 is 23.2 Å². The highest BCUT2D eigenvalue weighted by molar-refractivity contribution is 6.14. The summed E-state index contributed by atoms with van der Waals surface area (Å²) in [7, 11) is 1.67. The normalized spacial score (nSPS) is 13.7. The number of hydrogen-bond acceptors (Lipinski definition) is 5. The number of carbonyl (C=O) groups excluding carboxylic acids is 1. The lowest BCUT2D eigenvalue weighted by Gasteiger charge is -2.37. The number of ether oxygens (including phenoxy) is 1. The van der Waals surface area contributed by atoms with Gasteiger partial charge in [0.1, 0.15) is 28.9 Å². The molecule has 0 spiro atoms. The average Bonchev–Trinajstić information content (AvgIpc) is 2.90. The van der Waals surface area contributed by atoms with Crippen molar-refractivity contribution >= 4 is 33.9 Å². The molecule has 0 atom stereocenters. The summed E-state index contributed by atoms with van der Waals surface area (Å²) < 4.78 is 33.6. The van der Waals surface area contributed by atoms with E-state index >= 15 is 0 Å². The standard InChI is InChI=1S/C27H24F2N4O2/c1-35-24-12-5-4-11-23(24)32-13-15-33(16-14-32)26-19-8-3-2-7-18(19)20(17-30-26)27(34)31-25-21(28)9-6-10-22(25)29/h2-12,17H,13-16H2,1H3,(H,31,34). The van der Waals surface area contributed by atoms with Crippen LogP contribution in [0.5, 0.6) is 5.75 Å². The molecule has 35 heavy (non-hydrogen) atoms. The monoisotopic (exact) mass is 474 g/mol. The number of pyridine rings is 1. The second kappa shape index (κ2) is 9.58. The van der Waals surface area contributed by atoms with E-state index in [0.717, 1.165) is 61.0 Å². The fourth-order valence-electron chi connectivity index (χ4n) is 4.46. The van der Waals surface area contributed by atoms with Crippen LogP contribution in [0.4, 0.5) is 26.0 Å². The number of rotatable bonds is 5. The molecule has 178 valence electrons. The second-order valence-electron chi connectivity index (χ2n) is 8.24. The van der Waals surface area contributed by atoms with Crippen LogP contribution >= 0.6 is 0 Å². The smallest absolute Gasteiger partial charge is 0.258 e. The maximum Gasteiger partial charge on any atom is 0.258 e. The summed E-state index contributed by atoms with van der Waals surface area (Å²) in [5.41, 5.74) is 0.831. The van der Waals surface area contributed by atoms with Gasteiger partial charge in [0.25, 0.3) is 5.91 Å². The second-order valence-corrected chi connectivity index (χ2v) is 8.24. The topological polar surface area (TPSA) is 57.7 Å². The highest BCUT2D eigenvalue weighted by Crippen LogP contribution is 2.32. The lowest BCUT2D eigenvalue weighted by Crippen LogP contribution is -2.47. The first-order chi connectivity index (χ1) is 17.1. The van der Waals surface area contributed by atoms with Crippen molar-refractivity contribution in [1.29, 1.82) is 0 Å². The third-order valence-electron chi connectivity index (χ3n) is 6.23. The molecule has 0 saturated carbocycles. The van der Waals surface area contributed by atoms with E-state index in [-0.39, 0.29) is 5.56 Å². The Morgan fingerprint density at radius 1 is 0.857 bits per heavy atom. The first kappa shape index (κ1) is 22.6. The van der Waals surface area contributed by atoms with E-state index in [4.69, 9.17) is 4.74 Å². The number of benzene rings is 3. The number of anilines is 3. The van der Waals surface area contributed by atoms with E-state index in [2.05, 4.69) is 20.1 Å². The number of carbonyl (C=O) groups is 1. The van der Waals surface area contributed by atoms with Crippen LogP contribution in [0.25, 0.3) is 10.8 Å². The fraction of sp³-hybridized carbons (Fsp3) is 0.185. The minimum atomic E-state index is -0.833. The molecule has 1 N–H and O–H groups in total. The van der Waals surface area contributed by atoms with Gasteiger partial charge in [-0.05, 0) is 29.7 Å². The molecule has 0 unspecified atom stereocenters. The van der Waals surface area contributed by atoms with Crippen molar-refractivity contribution in [2.75, 3.05) is 48.4 Å². The molecule has 8 heteroatoms. The molecule has 1 fully saturated rings. The number of hydrogen-bond donors (Lipinski definition) is 1. The quantitative estimate of drug-likeness (QED) is 0.436. The summed E-state index contributed by atoms with van der Waals surface area (Å²) in [6.07, 6.45) is 1.47. The molecule has 1 amide bonds. The van der Waals surface area contributed by atoms with E-state index in [1.807, 2.05) is 48.5 Å². The number of nitrogens with zero attached hydrogens (tertiary/aromatic N) is 3. The highest BCUT2D eigenvalue weighted by Gasteiger charge is 2.23. The van der Waals surface area contributed by atoms with Crippen molar-refractivity contribution in [3.05, 3.63) is 90.1 Å². The first-order valence-electron chi connectivity index (χ1n) is 11.3. The van der Waals surface area contributed by atoms with Gasteiger partial charge in [-0.25, -0.2) is 13.8 Å². The molecule has 3 aromatic carbocycles. The molecule has 0 bridgehead atoms. The maximum atomic E-state index is 14.1. The molecule has 6 nitrogen and oxygen atoms in total. The molecule has 0 aliphatic carbocycles. The SMILES string of the molecule is COc1ccccc1N1CCN(c2ncc(C(=O)Nc3c(F)cccc3F)c3ccccc23)CC1. The number of para-hydroxylation sites is 3. The molecular formula is C27H24F2N4O2. The summed E-state index contributed by atoms with van der Waals surface area (Å²) in [4.78, 5) is 22.0. The van der Waals surface area contributed by atoms with Gasteiger partial charge in [0, 0.05) is 37.8 Å². The predicted molar refractivity (Wildman–Crippen MR) is 133 cm³/mol. The molecule has 0 radical (unpaired) electrons. The highest BCUT2D eigenvalue weighted by atomic mass is 19.1. The molecule has 2 heterocycles. The molecule has 1 aliphatic heterocycles. The number of nitrogens with one attached hydrogen (secondary N) is 1. The number of fused-ring (bicyclic) bond motifs is 1. The summed E-state index contributed by atoms with van der Waals surface area (Å²) in [5, 5.41) is 3.83. The Bertz CT molecular complexity index is 1370. The Morgan fingerprint density at radius 3 is 2.20 bits per heavy atom. The lowest BCUT2D eigenvalue weighted by molar-refractivity contribution is 0.102. The maximum absolute atomic E-state index is 14.1. The number of amides is 1. The van der Waals surface area contributed by atoms with Gasteiger partial charge in [0.05, 0.1) is 18.4 Å². The number of aromatic nitrogens is 1. The summed E-state index contributed by atoms with van der Waals surface area (Å²) in [6.45, 7) is 3.04. The molecule has 1 aromatic heterocycles. The zero-order valence-electron chi connectivity index (χ0n) is 19.2. The van der Waals surface area contributed by atoms with Crippen LogP contribution in [0.15, 0.2) is 72.9 Å². The Morgan fingerprint density at radius 2 is 1.49 bits per heavy atom. The Kier molecular flexibility index (Phi) is 6.18. The Hall–Kier alpha value is -4.20. The molecular weight excluding hydrogens is 450 g/mol. The van der Waals surface area contributed by atoms with Gasteiger partial charge in [-0.2, -0.15) is 0 Å². The Balaban J connectivity index is 1.40. The number of methoxy groups -OCH3 is 1. The van der Waals surface area contributed by atoms with Crippen LogP contribution < -0.4 is 19.9 Å². The van der Waals surface area contributed by atoms with E-state index in [0.29, 0.717) is 5.39 Å². The van der Waals surface area contributed by atoms with Gasteiger partial charge in [-0.1, -0.05) is 42.5 Å². The van der Waals surface area contributed by atoms with E-state index in [9.17, 15) is 13.6 Å². The zero-order valence-corrected chi connectivity index (χ0v) is 19.2. The van der Waals surface area contributed by atoms with Crippen molar-refractivity contribution in [3.8, 4) is 5.75 Å². The summed E-state index contributed by atoms with van der Waals surface area (Å²) >= 11 is 0. The minimum absolute atomic E-state index is 0.250. The van der Waals surface area contributed by atoms with Gasteiger partial charge in [-0.3, -0.25) is 4.79 Å². The van der Waals surface area contributed by atoms with E-state index in [1.165, 1.54) is 12.3 Å². The van der Waals surface area contributed by atoms with Gasteiger partial charge in [0.2, 0.25) is 0 Å². The first-order valence-corrected chi connectivity index (χ1v) is 11.3. The molecule has 4 aromatic rings. The molecule has 1 aliphatic rings. The van der Waals surface area contributed by atoms with Crippen LogP contribution in [-0.4, -0.2) is 44.2 Å². The molecule has 1 saturated heterocycles. The van der Waals surface area contributed by atoms with Crippen LogP contribution in [0.2, 0.25) is 0 Å². The van der Waals surface area contributed by atoms with Crippen molar-refractivity contribution in [2.24, 2.45) is 0 Å². The van der Waals surface area contributed by atoms with Crippen molar-refractivity contribution in [2.45, 2.75) is 0 Å². The third kappa shape index (κ3) is 4.35. The van der Waals surface area contributed by atoms with Crippen molar-refractivity contribution in [1.82, 2.24) is 4.98 Å². The lowest BCUT2D eigenvalue weighted by atomic mass is 10.1. The van der Waals surface area contributed by atoms with Gasteiger partial charge in [-0.15, -0.1) is 0 Å².